The monoisotopic (exact) mass is 324 g/mol. The highest BCUT2D eigenvalue weighted by Gasteiger charge is 2.33. The zero-order chi connectivity index (χ0) is 18.1. The van der Waals surface area contributed by atoms with Crippen LogP contribution in [0.15, 0.2) is 43.0 Å². The average molecular weight is 324 g/mol. The van der Waals surface area contributed by atoms with Gasteiger partial charge in [0.25, 0.3) is 0 Å². The quantitative estimate of drug-likeness (QED) is 0.593. The Labute approximate surface area is 145 Å². The van der Waals surface area contributed by atoms with E-state index in [1.54, 1.807) is 6.08 Å². The molecule has 0 saturated heterocycles. The summed E-state index contributed by atoms with van der Waals surface area (Å²) < 4.78 is 0. The molecule has 0 bridgehead atoms. The van der Waals surface area contributed by atoms with Crippen molar-refractivity contribution in [1.29, 1.82) is 0 Å². The molecule has 0 fully saturated rings. The Bertz CT molecular complexity index is 725. The first-order valence-electron chi connectivity index (χ1n) is 8.47. The van der Waals surface area contributed by atoms with Crippen molar-refractivity contribution >= 4 is 11.5 Å². The lowest BCUT2D eigenvalue weighted by Gasteiger charge is -2.26. The van der Waals surface area contributed by atoms with Gasteiger partial charge in [-0.2, -0.15) is 0 Å². The van der Waals surface area contributed by atoms with Gasteiger partial charge in [0.2, 0.25) is 0 Å². The predicted octanol–water partition coefficient (Wildman–Crippen LogP) is 5.42. The van der Waals surface area contributed by atoms with Crippen LogP contribution in [0.1, 0.15) is 63.3 Å². The second kappa shape index (κ2) is 6.43. The van der Waals surface area contributed by atoms with Gasteiger partial charge in [-0.1, -0.05) is 71.6 Å². The Morgan fingerprint density at radius 1 is 1.21 bits per heavy atom. The van der Waals surface area contributed by atoms with E-state index in [9.17, 15) is 4.79 Å². The number of rotatable bonds is 4. The summed E-state index contributed by atoms with van der Waals surface area (Å²) in [6.07, 6.45) is 8.52. The summed E-state index contributed by atoms with van der Waals surface area (Å²) in [7, 11) is 0. The van der Waals surface area contributed by atoms with E-state index in [0.29, 0.717) is 0 Å². The molecule has 0 aliphatic heterocycles. The number of carbonyl (C=O) groups is 1. The van der Waals surface area contributed by atoms with Crippen LogP contribution in [0.3, 0.4) is 0 Å². The fraction of sp³-hybridized carbons (Fsp3) is 0.409. The van der Waals surface area contributed by atoms with Gasteiger partial charge in [-0.3, -0.25) is 0 Å². The van der Waals surface area contributed by atoms with E-state index in [2.05, 4.69) is 53.3 Å². The van der Waals surface area contributed by atoms with Crippen molar-refractivity contribution in [3.63, 3.8) is 0 Å². The van der Waals surface area contributed by atoms with E-state index in [-0.39, 0.29) is 10.8 Å². The summed E-state index contributed by atoms with van der Waals surface area (Å²) >= 11 is 0. The number of hydrogen-bond donors (Lipinski definition) is 1. The van der Waals surface area contributed by atoms with E-state index in [4.69, 9.17) is 5.11 Å². The van der Waals surface area contributed by atoms with Gasteiger partial charge in [0.15, 0.2) is 0 Å². The molecule has 1 N–H and O–H groups in total. The molecule has 24 heavy (non-hydrogen) atoms. The Kier molecular flexibility index (Phi) is 4.89. The van der Waals surface area contributed by atoms with Gasteiger partial charge >= 0.3 is 5.97 Å². The van der Waals surface area contributed by atoms with Crippen molar-refractivity contribution in [3.8, 4) is 0 Å². The minimum atomic E-state index is -0.942. The first kappa shape index (κ1) is 18.3. The van der Waals surface area contributed by atoms with E-state index >= 15 is 0 Å². The molecular weight excluding hydrogens is 296 g/mol. The minimum absolute atomic E-state index is 0.0790. The highest BCUT2D eigenvalue weighted by Crippen LogP contribution is 2.43. The van der Waals surface area contributed by atoms with Gasteiger partial charge in [-0.15, -0.1) is 0 Å². The summed E-state index contributed by atoms with van der Waals surface area (Å²) in [4.78, 5) is 10.6. The van der Waals surface area contributed by atoms with Crippen LogP contribution in [-0.4, -0.2) is 11.1 Å². The third-order valence-corrected chi connectivity index (χ3v) is 4.84. The Morgan fingerprint density at radius 2 is 1.83 bits per heavy atom. The van der Waals surface area contributed by atoms with Gasteiger partial charge in [0, 0.05) is 6.08 Å². The number of aliphatic carboxylic acids is 1. The maximum Gasteiger partial charge on any atom is 0.328 e. The maximum absolute atomic E-state index is 10.6. The zero-order valence-corrected chi connectivity index (χ0v) is 15.4. The average Bonchev–Trinajstić information content (AvgIpc) is 2.77. The molecule has 0 amide bonds. The highest BCUT2D eigenvalue weighted by molar-refractivity contribution is 5.81. The highest BCUT2D eigenvalue weighted by atomic mass is 16.4. The maximum atomic E-state index is 10.6. The third-order valence-electron chi connectivity index (χ3n) is 4.84. The topological polar surface area (TPSA) is 37.3 Å². The van der Waals surface area contributed by atoms with E-state index in [0.717, 1.165) is 24.5 Å². The fourth-order valence-electron chi connectivity index (χ4n) is 3.24. The second-order valence-electron chi connectivity index (χ2n) is 8.27. The molecule has 0 radical (unpaired) electrons. The lowest BCUT2D eigenvalue weighted by molar-refractivity contribution is -0.131. The van der Waals surface area contributed by atoms with Crippen LogP contribution in [0, 0.1) is 0 Å². The van der Waals surface area contributed by atoms with Crippen LogP contribution in [-0.2, 0) is 22.0 Å². The molecule has 2 heteroatoms. The van der Waals surface area contributed by atoms with Gasteiger partial charge in [-0.25, -0.2) is 4.79 Å². The Hall–Kier alpha value is -2.09. The summed E-state index contributed by atoms with van der Waals surface area (Å²) in [6.45, 7) is 15.5. The lowest BCUT2D eigenvalue weighted by Crippen LogP contribution is -2.17. The molecule has 0 saturated carbocycles. The molecule has 1 aliphatic carbocycles. The van der Waals surface area contributed by atoms with Crippen molar-refractivity contribution in [2.75, 3.05) is 0 Å². The van der Waals surface area contributed by atoms with Crippen LogP contribution in [0.5, 0.6) is 0 Å². The first-order valence-corrected chi connectivity index (χ1v) is 8.47. The number of fused-ring (bicyclic) bond motifs is 1. The fourth-order valence-corrected chi connectivity index (χ4v) is 3.24. The number of benzene rings is 1. The van der Waals surface area contributed by atoms with Gasteiger partial charge in [0.05, 0.1) is 0 Å². The molecule has 0 aromatic heterocycles. The van der Waals surface area contributed by atoms with Crippen LogP contribution in [0.2, 0.25) is 0 Å². The minimum Gasteiger partial charge on any atom is -0.478 e. The Morgan fingerprint density at radius 3 is 2.42 bits per heavy atom. The number of allylic oxidation sites excluding steroid dienone is 4. The predicted molar refractivity (Wildman–Crippen MR) is 101 cm³/mol. The molecule has 1 aliphatic rings. The number of carboxylic acid groups (broad SMARTS) is 1. The molecule has 2 nitrogen and oxygen atoms in total. The van der Waals surface area contributed by atoms with Crippen molar-refractivity contribution in [1.82, 2.24) is 0 Å². The SMILES string of the molecule is C=C(C=CC=CC(=O)O)c1cc(C(C)(C)C)cc2c1CCC2(C)C. The molecule has 2 rings (SSSR count). The van der Waals surface area contributed by atoms with Crippen molar-refractivity contribution in [2.45, 2.75) is 58.3 Å². The second-order valence-corrected chi connectivity index (χ2v) is 8.27. The van der Waals surface area contributed by atoms with Crippen molar-refractivity contribution in [2.24, 2.45) is 0 Å². The molecule has 0 atom stereocenters. The summed E-state index contributed by atoms with van der Waals surface area (Å²) in [5, 5.41) is 8.66. The zero-order valence-electron chi connectivity index (χ0n) is 15.4. The first-order chi connectivity index (χ1) is 11.0. The summed E-state index contributed by atoms with van der Waals surface area (Å²) in [5.74, 6) is -0.942. The molecule has 1 aromatic carbocycles. The van der Waals surface area contributed by atoms with E-state index in [1.807, 2.05) is 6.08 Å². The van der Waals surface area contributed by atoms with Gasteiger partial charge in [0.1, 0.15) is 0 Å². The number of carboxylic acids is 1. The smallest absolute Gasteiger partial charge is 0.328 e. The van der Waals surface area contributed by atoms with Crippen LogP contribution < -0.4 is 0 Å². The van der Waals surface area contributed by atoms with Crippen molar-refractivity contribution in [3.05, 3.63) is 65.3 Å². The van der Waals surface area contributed by atoms with Gasteiger partial charge < -0.3 is 5.11 Å². The van der Waals surface area contributed by atoms with Crippen LogP contribution in [0.4, 0.5) is 0 Å². The van der Waals surface area contributed by atoms with E-state index < -0.39 is 5.97 Å². The van der Waals surface area contributed by atoms with Crippen LogP contribution in [0.25, 0.3) is 5.57 Å². The molecule has 0 heterocycles. The summed E-state index contributed by atoms with van der Waals surface area (Å²) in [6, 6.07) is 4.63. The third kappa shape index (κ3) is 3.87. The van der Waals surface area contributed by atoms with E-state index in [1.165, 1.54) is 28.3 Å². The Balaban J connectivity index is 2.48. The molecule has 0 unspecified atom stereocenters. The van der Waals surface area contributed by atoms with Crippen molar-refractivity contribution < 1.29 is 9.90 Å². The molecule has 0 spiro atoms. The summed E-state index contributed by atoms with van der Waals surface area (Å²) in [5.41, 5.74) is 6.55. The standard InChI is InChI=1S/C22H28O2/c1-15(9-7-8-10-20(23)24)18-13-16(21(2,3)4)14-19-17(18)11-12-22(19,5)6/h7-10,13-14H,1,11-12H2,2-6H3,(H,23,24). The molecular formula is C22H28O2. The molecule has 128 valence electrons. The lowest BCUT2D eigenvalue weighted by atomic mass is 9.79. The van der Waals surface area contributed by atoms with Crippen LogP contribution >= 0.6 is 0 Å². The number of hydrogen-bond acceptors (Lipinski definition) is 1. The largest absolute Gasteiger partial charge is 0.478 e. The van der Waals surface area contributed by atoms with Gasteiger partial charge in [-0.05, 0) is 51.5 Å². The normalized spacial score (nSPS) is 16.7. The molecule has 1 aromatic rings.